The highest BCUT2D eigenvalue weighted by Gasteiger charge is 2.03. The summed E-state index contributed by atoms with van der Waals surface area (Å²) in [7, 11) is 0. The van der Waals surface area contributed by atoms with E-state index in [1.54, 1.807) is 18.2 Å². The van der Waals surface area contributed by atoms with Crippen LogP contribution in [0.25, 0.3) is 0 Å². The second-order valence-corrected chi connectivity index (χ2v) is 6.86. The highest BCUT2D eigenvalue weighted by atomic mass is 16.5. The molecule has 32 heavy (non-hydrogen) atoms. The minimum Gasteiger partial charge on any atom is -0.491 e. The van der Waals surface area contributed by atoms with Gasteiger partial charge < -0.3 is 18.9 Å². The minimum absolute atomic E-state index is 0.301. The molecule has 0 N–H and O–H groups in total. The first kappa shape index (κ1) is 22.8. The van der Waals surface area contributed by atoms with Gasteiger partial charge in [-0.3, -0.25) is 0 Å². The summed E-state index contributed by atoms with van der Waals surface area (Å²) in [5.74, 6) is 1.36. The van der Waals surface area contributed by atoms with Gasteiger partial charge in [-0.15, -0.1) is 0 Å². The molecule has 6 heteroatoms. The van der Waals surface area contributed by atoms with Gasteiger partial charge in [-0.2, -0.15) is 10.5 Å². The van der Waals surface area contributed by atoms with Crippen LogP contribution >= 0.6 is 0 Å². The zero-order valence-electron chi connectivity index (χ0n) is 17.7. The molecule has 0 bridgehead atoms. The Morgan fingerprint density at radius 3 is 1.97 bits per heavy atom. The van der Waals surface area contributed by atoms with Crippen molar-refractivity contribution >= 4 is 0 Å². The van der Waals surface area contributed by atoms with E-state index in [4.69, 9.17) is 29.5 Å². The van der Waals surface area contributed by atoms with Gasteiger partial charge in [0.1, 0.15) is 36.9 Å². The van der Waals surface area contributed by atoms with Gasteiger partial charge in [0, 0.05) is 0 Å². The third-order valence-electron chi connectivity index (χ3n) is 4.54. The molecule has 0 amide bonds. The topological polar surface area (TPSA) is 84.5 Å². The van der Waals surface area contributed by atoms with E-state index < -0.39 is 0 Å². The highest BCUT2D eigenvalue weighted by Crippen LogP contribution is 2.17. The molecule has 162 valence electrons. The average molecular weight is 428 g/mol. The van der Waals surface area contributed by atoms with E-state index in [-0.39, 0.29) is 0 Å². The van der Waals surface area contributed by atoms with Crippen LogP contribution in [0.15, 0.2) is 72.8 Å². The summed E-state index contributed by atoms with van der Waals surface area (Å²) in [5, 5.41) is 18.0. The molecule has 0 spiro atoms. The van der Waals surface area contributed by atoms with Crippen LogP contribution in [0, 0.1) is 22.7 Å². The second kappa shape index (κ2) is 12.8. The Kier molecular flexibility index (Phi) is 9.11. The molecule has 3 aromatic rings. The molecular weight excluding hydrogens is 404 g/mol. The molecule has 0 aliphatic rings. The summed E-state index contributed by atoms with van der Waals surface area (Å²) < 4.78 is 22.5. The van der Waals surface area contributed by atoms with Crippen LogP contribution < -0.4 is 9.47 Å². The van der Waals surface area contributed by atoms with Crippen molar-refractivity contribution in [2.75, 3.05) is 26.4 Å². The fraction of sp³-hybridized carbons (Fsp3) is 0.231. The van der Waals surface area contributed by atoms with Crippen LogP contribution in [0.3, 0.4) is 0 Å². The van der Waals surface area contributed by atoms with Crippen molar-refractivity contribution < 1.29 is 18.9 Å². The molecule has 0 fully saturated rings. The first-order valence-electron chi connectivity index (χ1n) is 10.3. The Morgan fingerprint density at radius 2 is 1.22 bits per heavy atom. The molecule has 0 heterocycles. The monoisotopic (exact) mass is 428 g/mol. The molecule has 6 nitrogen and oxygen atoms in total. The van der Waals surface area contributed by atoms with E-state index in [1.807, 2.05) is 66.7 Å². The second-order valence-electron chi connectivity index (χ2n) is 6.86. The van der Waals surface area contributed by atoms with E-state index in [0.29, 0.717) is 56.5 Å². The van der Waals surface area contributed by atoms with Crippen molar-refractivity contribution in [2.45, 2.75) is 13.2 Å². The third kappa shape index (κ3) is 7.45. The van der Waals surface area contributed by atoms with Gasteiger partial charge in [0.2, 0.25) is 0 Å². The van der Waals surface area contributed by atoms with E-state index in [1.165, 1.54) is 0 Å². The predicted molar refractivity (Wildman–Crippen MR) is 119 cm³/mol. The van der Waals surface area contributed by atoms with E-state index in [2.05, 4.69) is 0 Å². The van der Waals surface area contributed by atoms with Gasteiger partial charge in [0.15, 0.2) is 0 Å². The summed E-state index contributed by atoms with van der Waals surface area (Å²) in [6.07, 6.45) is 0. The Hall–Kier alpha value is -3.84. The Labute approximate surface area is 188 Å². The first-order chi connectivity index (χ1) is 15.8. The average Bonchev–Trinajstić information content (AvgIpc) is 2.85. The smallest absolute Gasteiger partial charge is 0.120 e. The molecule has 0 aliphatic heterocycles. The zero-order chi connectivity index (χ0) is 22.4. The molecule has 0 aromatic heterocycles. The lowest BCUT2D eigenvalue weighted by Gasteiger charge is -2.09. The fourth-order valence-electron chi connectivity index (χ4n) is 2.85. The van der Waals surface area contributed by atoms with Crippen molar-refractivity contribution in [3.8, 4) is 23.6 Å². The molecule has 0 atom stereocenters. The maximum Gasteiger partial charge on any atom is 0.120 e. The number of rotatable bonds is 12. The van der Waals surface area contributed by atoms with Crippen LogP contribution in [0.2, 0.25) is 0 Å². The summed E-state index contributed by atoms with van der Waals surface area (Å²) >= 11 is 0. The van der Waals surface area contributed by atoms with Crippen molar-refractivity contribution in [2.24, 2.45) is 0 Å². The summed E-state index contributed by atoms with van der Waals surface area (Å²) in [5.41, 5.74) is 2.83. The van der Waals surface area contributed by atoms with Crippen molar-refractivity contribution in [3.63, 3.8) is 0 Å². The molecule has 0 saturated carbocycles. The lowest BCUT2D eigenvalue weighted by molar-refractivity contribution is 0.0303. The van der Waals surface area contributed by atoms with E-state index in [0.717, 1.165) is 16.9 Å². The van der Waals surface area contributed by atoms with E-state index in [9.17, 15) is 0 Å². The first-order valence-corrected chi connectivity index (χ1v) is 10.3. The summed E-state index contributed by atoms with van der Waals surface area (Å²) in [6, 6.07) is 26.7. The molecule has 0 unspecified atom stereocenters. The van der Waals surface area contributed by atoms with Gasteiger partial charge in [0.05, 0.1) is 37.6 Å². The van der Waals surface area contributed by atoms with Gasteiger partial charge in [-0.25, -0.2) is 0 Å². The molecule has 3 aromatic carbocycles. The maximum atomic E-state index is 9.03. The Balaban J connectivity index is 1.25. The number of nitriles is 2. The predicted octanol–water partition coefficient (Wildman–Crippen LogP) is 4.62. The molecule has 0 saturated heterocycles. The quantitative estimate of drug-likeness (QED) is 0.391. The SMILES string of the molecule is N#Cc1ccc(OCCOCCOCc2ccc(OCc3ccccc3)cc2)cc1C#N. The summed E-state index contributed by atoms with van der Waals surface area (Å²) in [4.78, 5) is 0. The third-order valence-corrected chi connectivity index (χ3v) is 4.54. The van der Waals surface area contributed by atoms with Gasteiger partial charge >= 0.3 is 0 Å². The van der Waals surface area contributed by atoms with Crippen molar-refractivity contribution in [1.82, 2.24) is 0 Å². The van der Waals surface area contributed by atoms with Crippen LogP contribution in [0.5, 0.6) is 11.5 Å². The number of benzene rings is 3. The van der Waals surface area contributed by atoms with Crippen LogP contribution in [-0.4, -0.2) is 26.4 Å². The lowest BCUT2D eigenvalue weighted by atomic mass is 10.1. The van der Waals surface area contributed by atoms with Gasteiger partial charge in [-0.1, -0.05) is 42.5 Å². The standard InChI is InChI=1S/C26H24N2O4/c27-17-23-8-11-26(16-24(23)18-28)31-15-14-29-12-13-30-19-22-6-9-25(10-7-22)32-20-21-4-2-1-3-5-21/h1-11,16H,12-15,19-20H2. The molecule has 3 rings (SSSR count). The number of nitrogens with zero attached hydrogens (tertiary/aromatic N) is 2. The lowest BCUT2D eigenvalue weighted by Crippen LogP contribution is -2.11. The molecular formula is C26H24N2O4. The number of hydrogen-bond donors (Lipinski definition) is 0. The van der Waals surface area contributed by atoms with Gasteiger partial charge in [0.25, 0.3) is 0 Å². The largest absolute Gasteiger partial charge is 0.491 e. The minimum atomic E-state index is 0.301. The zero-order valence-corrected chi connectivity index (χ0v) is 17.7. The van der Waals surface area contributed by atoms with Crippen LogP contribution in [-0.2, 0) is 22.7 Å². The van der Waals surface area contributed by atoms with Crippen molar-refractivity contribution in [1.29, 1.82) is 10.5 Å². The Morgan fingerprint density at radius 1 is 0.562 bits per heavy atom. The van der Waals surface area contributed by atoms with Crippen LogP contribution in [0.1, 0.15) is 22.3 Å². The Bertz CT molecular complexity index is 1050. The summed E-state index contributed by atoms with van der Waals surface area (Å²) in [6.45, 7) is 2.73. The van der Waals surface area contributed by atoms with Gasteiger partial charge in [-0.05, 0) is 41.5 Å². The maximum absolute atomic E-state index is 9.03. The normalized spacial score (nSPS) is 10.2. The highest BCUT2D eigenvalue weighted by molar-refractivity contribution is 5.49. The van der Waals surface area contributed by atoms with Crippen molar-refractivity contribution in [3.05, 3.63) is 95.1 Å². The molecule has 0 radical (unpaired) electrons. The fourth-order valence-corrected chi connectivity index (χ4v) is 2.85. The number of hydrogen-bond acceptors (Lipinski definition) is 6. The van der Waals surface area contributed by atoms with Crippen LogP contribution in [0.4, 0.5) is 0 Å². The molecule has 0 aliphatic carbocycles. The number of ether oxygens (including phenoxy) is 4. The van der Waals surface area contributed by atoms with E-state index >= 15 is 0 Å².